The van der Waals surface area contributed by atoms with Crippen LogP contribution in [0, 0.1) is 5.92 Å². The number of hydrogen-bond donors (Lipinski definition) is 1. The molecule has 0 fully saturated rings. The first-order valence-electron chi connectivity index (χ1n) is 6.90. The number of carbonyl (C=O) groups is 1. The SMILES string of the molecule is CCc1ccc(CCC(=O)N[C@@H](C)C(C)C)cc1. The van der Waals surface area contributed by atoms with E-state index in [1.807, 2.05) is 0 Å². The standard InChI is InChI=1S/C16H25NO/c1-5-14-6-8-15(9-7-14)10-11-16(18)17-13(4)12(2)3/h6-9,12-13H,5,10-11H2,1-4H3,(H,17,18)/t13-/m0/s1. The summed E-state index contributed by atoms with van der Waals surface area (Å²) in [5, 5.41) is 3.03. The van der Waals surface area contributed by atoms with Gasteiger partial charge in [0.15, 0.2) is 0 Å². The van der Waals surface area contributed by atoms with Crippen LogP contribution in [0.4, 0.5) is 0 Å². The normalized spacial score (nSPS) is 12.5. The maximum absolute atomic E-state index is 11.7. The lowest BCUT2D eigenvalue weighted by atomic mass is 10.0. The first kappa shape index (κ1) is 14.7. The Morgan fingerprint density at radius 3 is 2.17 bits per heavy atom. The monoisotopic (exact) mass is 247 g/mol. The average Bonchev–Trinajstić information content (AvgIpc) is 2.36. The van der Waals surface area contributed by atoms with Crippen LogP contribution >= 0.6 is 0 Å². The van der Waals surface area contributed by atoms with E-state index in [2.05, 4.69) is 57.3 Å². The first-order valence-corrected chi connectivity index (χ1v) is 6.90. The van der Waals surface area contributed by atoms with Crippen molar-refractivity contribution in [1.82, 2.24) is 5.32 Å². The smallest absolute Gasteiger partial charge is 0.220 e. The molecule has 100 valence electrons. The van der Waals surface area contributed by atoms with Crippen LogP contribution in [-0.4, -0.2) is 11.9 Å². The number of rotatable bonds is 6. The topological polar surface area (TPSA) is 29.1 Å². The van der Waals surface area contributed by atoms with Crippen LogP contribution in [0.2, 0.25) is 0 Å². The molecule has 0 aliphatic carbocycles. The van der Waals surface area contributed by atoms with Gasteiger partial charge in [-0.2, -0.15) is 0 Å². The van der Waals surface area contributed by atoms with Crippen LogP contribution in [0.15, 0.2) is 24.3 Å². The van der Waals surface area contributed by atoms with E-state index in [1.165, 1.54) is 11.1 Å². The largest absolute Gasteiger partial charge is 0.353 e. The van der Waals surface area contributed by atoms with Gasteiger partial charge >= 0.3 is 0 Å². The summed E-state index contributed by atoms with van der Waals surface area (Å²) in [6, 6.07) is 8.78. The molecule has 0 aromatic heterocycles. The van der Waals surface area contributed by atoms with E-state index in [1.54, 1.807) is 0 Å². The minimum Gasteiger partial charge on any atom is -0.353 e. The van der Waals surface area contributed by atoms with E-state index in [-0.39, 0.29) is 11.9 Å². The fourth-order valence-electron chi connectivity index (χ4n) is 1.69. The number of hydrogen-bond acceptors (Lipinski definition) is 1. The zero-order valence-corrected chi connectivity index (χ0v) is 12.0. The van der Waals surface area contributed by atoms with Crippen LogP contribution in [-0.2, 0) is 17.6 Å². The van der Waals surface area contributed by atoms with Crippen LogP contribution in [0.5, 0.6) is 0 Å². The van der Waals surface area contributed by atoms with Crippen molar-refractivity contribution in [2.75, 3.05) is 0 Å². The number of carbonyl (C=O) groups excluding carboxylic acids is 1. The number of benzene rings is 1. The summed E-state index contributed by atoms with van der Waals surface area (Å²) in [4.78, 5) is 11.7. The van der Waals surface area contributed by atoms with Gasteiger partial charge < -0.3 is 5.32 Å². The van der Waals surface area contributed by atoms with E-state index < -0.39 is 0 Å². The highest BCUT2D eigenvalue weighted by atomic mass is 16.1. The molecule has 1 atom stereocenters. The van der Waals surface area contributed by atoms with E-state index in [0.717, 1.165) is 12.8 Å². The lowest BCUT2D eigenvalue weighted by molar-refractivity contribution is -0.121. The highest BCUT2D eigenvalue weighted by molar-refractivity contribution is 5.76. The van der Waals surface area contributed by atoms with E-state index in [4.69, 9.17) is 0 Å². The first-order chi connectivity index (χ1) is 8.52. The summed E-state index contributed by atoms with van der Waals surface area (Å²) >= 11 is 0. The molecular formula is C16H25NO. The quantitative estimate of drug-likeness (QED) is 0.820. The molecule has 0 radical (unpaired) electrons. The predicted octanol–water partition coefficient (Wildman–Crippen LogP) is 3.34. The Balaban J connectivity index is 2.37. The zero-order chi connectivity index (χ0) is 13.5. The fraction of sp³-hybridized carbons (Fsp3) is 0.562. The molecule has 2 nitrogen and oxygen atoms in total. The second-order valence-electron chi connectivity index (χ2n) is 5.27. The van der Waals surface area contributed by atoms with Gasteiger partial charge in [-0.1, -0.05) is 45.0 Å². The van der Waals surface area contributed by atoms with Crippen LogP contribution in [0.1, 0.15) is 45.2 Å². The Morgan fingerprint density at radius 2 is 1.67 bits per heavy atom. The number of aryl methyl sites for hydroxylation is 2. The molecule has 0 aliphatic rings. The predicted molar refractivity (Wildman–Crippen MR) is 76.6 cm³/mol. The van der Waals surface area contributed by atoms with E-state index in [0.29, 0.717) is 12.3 Å². The Morgan fingerprint density at radius 1 is 1.11 bits per heavy atom. The summed E-state index contributed by atoms with van der Waals surface area (Å²) in [7, 11) is 0. The minimum atomic E-state index is 0.149. The summed E-state index contributed by atoms with van der Waals surface area (Å²) in [5.74, 6) is 0.633. The fourth-order valence-corrected chi connectivity index (χ4v) is 1.69. The van der Waals surface area contributed by atoms with Crippen LogP contribution in [0.3, 0.4) is 0 Å². The van der Waals surface area contributed by atoms with E-state index in [9.17, 15) is 4.79 Å². The molecule has 2 heteroatoms. The number of amides is 1. The molecule has 0 saturated heterocycles. The molecule has 0 aliphatic heterocycles. The lowest BCUT2D eigenvalue weighted by Crippen LogP contribution is -2.36. The van der Waals surface area contributed by atoms with Crippen molar-refractivity contribution in [2.24, 2.45) is 5.92 Å². The second-order valence-corrected chi connectivity index (χ2v) is 5.27. The maximum atomic E-state index is 11.7. The van der Waals surface area contributed by atoms with Gasteiger partial charge in [0, 0.05) is 12.5 Å². The van der Waals surface area contributed by atoms with Gasteiger partial charge in [-0.3, -0.25) is 4.79 Å². The van der Waals surface area contributed by atoms with Crippen LogP contribution < -0.4 is 5.32 Å². The number of nitrogens with one attached hydrogen (secondary N) is 1. The van der Waals surface area contributed by atoms with Gasteiger partial charge in [0.2, 0.25) is 5.91 Å². The van der Waals surface area contributed by atoms with Crippen molar-refractivity contribution in [3.05, 3.63) is 35.4 Å². The summed E-state index contributed by atoms with van der Waals surface area (Å²) in [6.45, 7) is 8.44. The summed E-state index contributed by atoms with van der Waals surface area (Å²) < 4.78 is 0. The molecule has 1 amide bonds. The van der Waals surface area contributed by atoms with Gasteiger partial charge in [-0.15, -0.1) is 0 Å². The Kier molecular flexibility index (Phi) is 5.90. The second kappa shape index (κ2) is 7.20. The molecule has 18 heavy (non-hydrogen) atoms. The zero-order valence-electron chi connectivity index (χ0n) is 12.0. The van der Waals surface area contributed by atoms with Gasteiger partial charge in [-0.05, 0) is 36.8 Å². The summed E-state index contributed by atoms with van der Waals surface area (Å²) in [6.07, 6.45) is 2.45. The highest BCUT2D eigenvalue weighted by Gasteiger charge is 2.10. The minimum absolute atomic E-state index is 0.149. The molecule has 0 unspecified atom stereocenters. The van der Waals surface area contributed by atoms with Crippen molar-refractivity contribution in [2.45, 2.75) is 53.0 Å². The van der Waals surface area contributed by atoms with Gasteiger partial charge in [0.25, 0.3) is 0 Å². The van der Waals surface area contributed by atoms with Gasteiger partial charge in [0.05, 0.1) is 0 Å². The van der Waals surface area contributed by atoms with Crippen molar-refractivity contribution in [3.63, 3.8) is 0 Å². The van der Waals surface area contributed by atoms with Crippen LogP contribution in [0.25, 0.3) is 0 Å². The van der Waals surface area contributed by atoms with Gasteiger partial charge in [0.1, 0.15) is 0 Å². The average molecular weight is 247 g/mol. The van der Waals surface area contributed by atoms with Crippen molar-refractivity contribution < 1.29 is 4.79 Å². The molecule has 0 bridgehead atoms. The molecule has 1 rings (SSSR count). The third-order valence-corrected chi connectivity index (χ3v) is 3.46. The Labute approximate surface area is 111 Å². The molecule has 0 spiro atoms. The lowest BCUT2D eigenvalue weighted by Gasteiger charge is -2.17. The Bertz CT molecular complexity index is 367. The highest BCUT2D eigenvalue weighted by Crippen LogP contribution is 2.08. The van der Waals surface area contributed by atoms with Crippen molar-refractivity contribution in [3.8, 4) is 0 Å². The van der Waals surface area contributed by atoms with Gasteiger partial charge in [-0.25, -0.2) is 0 Å². The third-order valence-electron chi connectivity index (χ3n) is 3.46. The molecular weight excluding hydrogens is 222 g/mol. The summed E-state index contributed by atoms with van der Waals surface area (Å²) in [5.41, 5.74) is 2.58. The van der Waals surface area contributed by atoms with Crippen molar-refractivity contribution >= 4 is 5.91 Å². The molecule has 0 heterocycles. The third kappa shape index (κ3) is 4.91. The molecule has 1 aromatic carbocycles. The van der Waals surface area contributed by atoms with E-state index >= 15 is 0 Å². The molecule has 0 saturated carbocycles. The molecule has 1 aromatic rings. The maximum Gasteiger partial charge on any atom is 0.220 e. The Hall–Kier alpha value is -1.31. The van der Waals surface area contributed by atoms with Crippen molar-refractivity contribution in [1.29, 1.82) is 0 Å². The molecule has 1 N–H and O–H groups in total.